The average molecular weight is 236 g/mol. The van der Waals surface area contributed by atoms with E-state index in [4.69, 9.17) is 15.2 Å². The van der Waals surface area contributed by atoms with Gasteiger partial charge < -0.3 is 20.1 Å². The quantitative estimate of drug-likeness (QED) is 0.764. The molecule has 1 saturated carbocycles. The first-order valence-electron chi connectivity index (χ1n) is 5.97. The maximum absolute atomic E-state index is 5.74. The van der Waals surface area contributed by atoms with Gasteiger partial charge in [-0.2, -0.15) is 0 Å². The van der Waals surface area contributed by atoms with E-state index in [-0.39, 0.29) is 0 Å². The van der Waals surface area contributed by atoms with E-state index in [0.717, 1.165) is 18.3 Å². The molecule has 2 rings (SSSR count). The SMILES string of the molecule is COc1cc(OCCN(C)C2CC2)ccc1N. The molecule has 0 atom stereocenters. The third-order valence-corrected chi connectivity index (χ3v) is 3.09. The molecule has 0 aromatic heterocycles. The number of methoxy groups -OCH3 is 1. The molecule has 94 valence electrons. The van der Waals surface area contributed by atoms with Gasteiger partial charge in [0, 0.05) is 18.7 Å². The van der Waals surface area contributed by atoms with E-state index in [1.54, 1.807) is 13.2 Å². The molecule has 1 aromatic carbocycles. The maximum Gasteiger partial charge on any atom is 0.145 e. The highest BCUT2D eigenvalue weighted by Gasteiger charge is 2.25. The van der Waals surface area contributed by atoms with Crippen LogP contribution >= 0.6 is 0 Å². The minimum absolute atomic E-state index is 0.634. The molecular formula is C13H20N2O2. The number of nitrogen functional groups attached to an aromatic ring is 1. The lowest BCUT2D eigenvalue weighted by molar-refractivity contribution is 0.231. The Morgan fingerprint density at radius 3 is 2.82 bits per heavy atom. The van der Waals surface area contributed by atoms with Crippen molar-refractivity contribution in [2.24, 2.45) is 0 Å². The molecule has 0 heterocycles. The smallest absolute Gasteiger partial charge is 0.145 e. The van der Waals surface area contributed by atoms with E-state index >= 15 is 0 Å². The van der Waals surface area contributed by atoms with E-state index < -0.39 is 0 Å². The Bertz CT molecular complexity index is 378. The number of anilines is 1. The standard InChI is InChI=1S/C13H20N2O2/c1-15(10-3-4-10)7-8-17-11-5-6-12(14)13(9-11)16-2/h5-6,9-10H,3-4,7-8,14H2,1-2H3. The van der Waals surface area contributed by atoms with E-state index in [1.807, 2.05) is 12.1 Å². The van der Waals surface area contributed by atoms with Gasteiger partial charge in [-0.15, -0.1) is 0 Å². The number of rotatable bonds is 6. The van der Waals surface area contributed by atoms with Crippen LogP contribution in [0.3, 0.4) is 0 Å². The fourth-order valence-electron chi connectivity index (χ4n) is 1.79. The van der Waals surface area contributed by atoms with E-state index in [0.29, 0.717) is 18.0 Å². The molecule has 0 amide bonds. The molecule has 0 saturated heterocycles. The van der Waals surface area contributed by atoms with Crippen LogP contribution in [-0.2, 0) is 0 Å². The Hall–Kier alpha value is -1.42. The molecule has 0 radical (unpaired) electrons. The number of nitrogens with zero attached hydrogens (tertiary/aromatic N) is 1. The van der Waals surface area contributed by atoms with Crippen LogP contribution in [0.15, 0.2) is 18.2 Å². The Morgan fingerprint density at radius 1 is 1.41 bits per heavy atom. The lowest BCUT2D eigenvalue weighted by Gasteiger charge is -2.16. The van der Waals surface area contributed by atoms with Crippen molar-refractivity contribution in [1.82, 2.24) is 4.90 Å². The third-order valence-electron chi connectivity index (χ3n) is 3.09. The summed E-state index contributed by atoms with van der Waals surface area (Å²) in [4.78, 5) is 2.34. The molecular weight excluding hydrogens is 216 g/mol. The maximum atomic E-state index is 5.74. The van der Waals surface area contributed by atoms with Gasteiger partial charge in [-0.1, -0.05) is 0 Å². The number of hydrogen-bond acceptors (Lipinski definition) is 4. The van der Waals surface area contributed by atoms with Gasteiger partial charge in [0.2, 0.25) is 0 Å². The Morgan fingerprint density at radius 2 is 2.18 bits per heavy atom. The number of likely N-dealkylation sites (N-methyl/N-ethyl adjacent to an activating group) is 1. The van der Waals surface area contributed by atoms with Crippen molar-refractivity contribution in [1.29, 1.82) is 0 Å². The molecule has 4 heteroatoms. The first kappa shape index (κ1) is 12.0. The number of ether oxygens (including phenoxy) is 2. The fraction of sp³-hybridized carbons (Fsp3) is 0.538. The van der Waals surface area contributed by atoms with Crippen molar-refractivity contribution < 1.29 is 9.47 Å². The predicted octanol–water partition coefficient (Wildman–Crippen LogP) is 1.75. The van der Waals surface area contributed by atoms with Crippen LogP contribution in [0.2, 0.25) is 0 Å². The highest BCUT2D eigenvalue weighted by molar-refractivity contribution is 5.55. The van der Waals surface area contributed by atoms with Crippen LogP contribution in [0.25, 0.3) is 0 Å². The highest BCUT2D eigenvalue weighted by Crippen LogP contribution is 2.27. The molecule has 4 nitrogen and oxygen atoms in total. The zero-order valence-corrected chi connectivity index (χ0v) is 10.5. The second-order valence-corrected chi connectivity index (χ2v) is 4.46. The third kappa shape index (κ3) is 3.27. The summed E-state index contributed by atoms with van der Waals surface area (Å²) < 4.78 is 10.8. The van der Waals surface area contributed by atoms with Gasteiger partial charge in [-0.3, -0.25) is 0 Å². The van der Waals surface area contributed by atoms with E-state index in [1.165, 1.54) is 12.8 Å². The summed E-state index contributed by atoms with van der Waals surface area (Å²) >= 11 is 0. The lowest BCUT2D eigenvalue weighted by Crippen LogP contribution is -2.26. The van der Waals surface area contributed by atoms with Crippen LogP contribution in [0.4, 0.5) is 5.69 Å². The second-order valence-electron chi connectivity index (χ2n) is 4.46. The summed E-state index contributed by atoms with van der Waals surface area (Å²) in [6.45, 7) is 1.65. The Balaban J connectivity index is 1.81. The number of nitrogens with two attached hydrogens (primary N) is 1. The molecule has 2 N–H and O–H groups in total. The van der Waals surface area contributed by atoms with E-state index in [9.17, 15) is 0 Å². The average Bonchev–Trinajstić information content (AvgIpc) is 3.15. The zero-order valence-electron chi connectivity index (χ0n) is 10.5. The number of benzene rings is 1. The van der Waals surface area contributed by atoms with Gasteiger partial charge in [-0.05, 0) is 32.0 Å². The van der Waals surface area contributed by atoms with Crippen LogP contribution in [-0.4, -0.2) is 38.3 Å². The van der Waals surface area contributed by atoms with E-state index in [2.05, 4.69) is 11.9 Å². The monoisotopic (exact) mass is 236 g/mol. The van der Waals surface area contributed by atoms with Crippen molar-refractivity contribution in [3.8, 4) is 11.5 Å². The zero-order chi connectivity index (χ0) is 12.3. The first-order valence-corrected chi connectivity index (χ1v) is 5.97. The lowest BCUT2D eigenvalue weighted by atomic mass is 10.3. The van der Waals surface area contributed by atoms with Gasteiger partial charge in [0.05, 0.1) is 12.8 Å². The van der Waals surface area contributed by atoms with Gasteiger partial charge in [0.25, 0.3) is 0 Å². The van der Waals surface area contributed by atoms with Crippen LogP contribution in [0.5, 0.6) is 11.5 Å². The van der Waals surface area contributed by atoms with Gasteiger partial charge in [0.1, 0.15) is 18.1 Å². The normalized spacial score (nSPS) is 15.0. The largest absolute Gasteiger partial charge is 0.494 e. The fourth-order valence-corrected chi connectivity index (χ4v) is 1.79. The molecule has 1 aromatic rings. The second kappa shape index (κ2) is 5.27. The van der Waals surface area contributed by atoms with Crippen molar-refractivity contribution in [2.75, 3.05) is 33.0 Å². The van der Waals surface area contributed by atoms with Gasteiger partial charge >= 0.3 is 0 Å². The van der Waals surface area contributed by atoms with Crippen LogP contribution < -0.4 is 15.2 Å². The minimum atomic E-state index is 0.634. The van der Waals surface area contributed by atoms with Crippen molar-refractivity contribution >= 4 is 5.69 Å². The van der Waals surface area contributed by atoms with Crippen LogP contribution in [0.1, 0.15) is 12.8 Å². The molecule has 0 unspecified atom stereocenters. The summed E-state index contributed by atoms with van der Waals surface area (Å²) in [6, 6.07) is 6.28. The Labute approximate surface area is 102 Å². The molecule has 0 spiro atoms. The molecule has 1 aliphatic carbocycles. The summed E-state index contributed by atoms with van der Waals surface area (Å²) in [7, 11) is 3.75. The van der Waals surface area contributed by atoms with Gasteiger partial charge in [0.15, 0.2) is 0 Å². The summed E-state index contributed by atoms with van der Waals surface area (Å²) in [5.74, 6) is 1.47. The first-order chi connectivity index (χ1) is 8.20. The van der Waals surface area contributed by atoms with Gasteiger partial charge in [-0.25, -0.2) is 0 Å². The Kier molecular flexibility index (Phi) is 3.74. The van der Waals surface area contributed by atoms with Crippen molar-refractivity contribution in [3.05, 3.63) is 18.2 Å². The van der Waals surface area contributed by atoms with Crippen molar-refractivity contribution in [2.45, 2.75) is 18.9 Å². The minimum Gasteiger partial charge on any atom is -0.494 e. The summed E-state index contributed by atoms with van der Waals surface area (Å²) in [6.07, 6.45) is 2.65. The highest BCUT2D eigenvalue weighted by atomic mass is 16.5. The topological polar surface area (TPSA) is 47.7 Å². The molecule has 0 aliphatic heterocycles. The number of hydrogen-bond donors (Lipinski definition) is 1. The molecule has 1 fully saturated rings. The molecule has 17 heavy (non-hydrogen) atoms. The summed E-state index contributed by atoms with van der Waals surface area (Å²) in [5.41, 5.74) is 6.37. The van der Waals surface area contributed by atoms with Crippen molar-refractivity contribution in [3.63, 3.8) is 0 Å². The van der Waals surface area contributed by atoms with Crippen LogP contribution in [0, 0.1) is 0 Å². The predicted molar refractivity (Wildman–Crippen MR) is 68.6 cm³/mol. The molecule has 0 bridgehead atoms. The summed E-state index contributed by atoms with van der Waals surface area (Å²) in [5, 5.41) is 0. The molecule has 1 aliphatic rings.